The maximum Gasteiger partial charge on any atom is 0.255 e. The molecule has 0 spiro atoms. The molecule has 0 atom stereocenters. The highest BCUT2D eigenvalue weighted by molar-refractivity contribution is 5.79. The monoisotopic (exact) mass is 299 g/mol. The Bertz CT molecular complexity index is 691. The van der Waals surface area contributed by atoms with Crippen molar-refractivity contribution in [1.82, 2.24) is 20.2 Å². The van der Waals surface area contributed by atoms with Crippen LogP contribution in [0, 0.1) is 6.92 Å². The van der Waals surface area contributed by atoms with E-state index in [1.807, 2.05) is 49.3 Å². The van der Waals surface area contributed by atoms with Crippen molar-refractivity contribution >= 4 is 5.96 Å². The van der Waals surface area contributed by atoms with Crippen molar-refractivity contribution in [3.05, 3.63) is 63.8 Å². The van der Waals surface area contributed by atoms with E-state index in [1.165, 1.54) is 0 Å². The average molecular weight is 299 g/mol. The molecule has 0 amide bonds. The van der Waals surface area contributed by atoms with E-state index in [4.69, 9.17) is 0 Å². The Morgan fingerprint density at radius 2 is 2.05 bits per heavy atom. The molecular weight excluding hydrogens is 278 g/mol. The number of nitrogens with zero attached hydrogens (tertiary/aromatic N) is 3. The summed E-state index contributed by atoms with van der Waals surface area (Å²) in [6.07, 6.45) is 1.59. The molecular formula is C16H21N5O. The SMILES string of the molecule is Cc1ncc(CNC(=NCc2ccccc2)N(C)C)c(=O)[nH]1. The van der Waals surface area contributed by atoms with Gasteiger partial charge >= 0.3 is 0 Å². The highest BCUT2D eigenvalue weighted by Gasteiger charge is 2.05. The first-order chi connectivity index (χ1) is 10.6. The van der Waals surface area contributed by atoms with Crippen LogP contribution in [-0.4, -0.2) is 34.9 Å². The van der Waals surface area contributed by atoms with Crippen LogP contribution in [0.5, 0.6) is 0 Å². The van der Waals surface area contributed by atoms with E-state index in [0.717, 1.165) is 11.5 Å². The lowest BCUT2D eigenvalue weighted by atomic mass is 10.2. The van der Waals surface area contributed by atoms with Gasteiger partial charge in [-0.3, -0.25) is 4.79 Å². The fourth-order valence-corrected chi connectivity index (χ4v) is 1.92. The predicted molar refractivity (Wildman–Crippen MR) is 87.7 cm³/mol. The first-order valence-electron chi connectivity index (χ1n) is 7.10. The summed E-state index contributed by atoms with van der Waals surface area (Å²) in [6, 6.07) is 10.0. The van der Waals surface area contributed by atoms with Crippen LogP contribution in [0.3, 0.4) is 0 Å². The topological polar surface area (TPSA) is 73.4 Å². The quantitative estimate of drug-likeness (QED) is 0.659. The molecule has 1 aromatic heterocycles. The van der Waals surface area contributed by atoms with E-state index >= 15 is 0 Å². The van der Waals surface area contributed by atoms with E-state index in [-0.39, 0.29) is 5.56 Å². The van der Waals surface area contributed by atoms with Crippen molar-refractivity contribution in [3.8, 4) is 0 Å². The maximum atomic E-state index is 11.8. The molecule has 2 aromatic rings. The van der Waals surface area contributed by atoms with Crippen molar-refractivity contribution in [2.75, 3.05) is 14.1 Å². The zero-order valence-corrected chi connectivity index (χ0v) is 13.1. The van der Waals surface area contributed by atoms with Crippen LogP contribution in [0.25, 0.3) is 0 Å². The summed E-state index contributed by atoms with van der Waals surface area (Å²) in [7, 11) is 3.82. The van der Waals surface area contributed by atoms with Gasteiger partial charge in [0.25, 0.3) is 5.56 Å². The Kier molecular flexibility index (Phi) is 5.30. The largest absolute Gasteiger partial charge is 0.352 e. The standard InChI is InChI=1S/C16H21N5O/c1-12-17-10-14(15(22)20-12)11-19-16(21(2)3)18-9-13-7-5-4-6-8-13/h4-8,10H,9,11H2,1-3H3,(H,18,19)(H,17,20,22). The van der Waals surface area contributed by atoms with Gasteiger partial charge in [-0.1, -0.05) is 30.3 Å². The minimum absolute atomic E-state index is 0.124. The molecule has 6 nitrogen and oxygen atoms in total. The number of aromatic amines is 1. The zero-order valence-electron chi connectivity index (χ0n) is 13.1. The lowest BCUT2D eigenvalue weighted by molar-refractivity contribution is 0.577. The number of hydrogen-bond acceptors (Lipinski definition) is 3. The maximum absolute atomic E-state index is 11.8. The number of rotatable bonds is 4. The summed E-state index contributed by atoms with van der Waals surface area (Å²) in [5.74, 6) is 1.34. The van der Waals surface area contributed by atoms with Gasteiger partial charge in [-0.05, 0) is 12.5 Å². The van der Waals surface area contributed by atoms with Gasteiger partial charge in [0.2, 0.25) is 0 Å². The van der Waals surface area contributed by atoms with E-state index in [9.17, 15) is 4.79 Å². The summed E-state index contributed by atoms with van der Waals surface area (Å²) in [5, 5.41) is 3.18. The third-order valence-electron chi connectivity index (χ3n) is 3.11. The van der Waals surface area contributed by atoms with Gasteiger partial charge in [-0.25, -0.2) is 9.98 Å². The van der Waals surface area contributed by atoms with Crippen molar-refractivity contribution in [2.24, 2.45) is 4.99 Å². The molecule has 0 radical (unpaired) electrons. The summed E-state index contributed by atoms with van der Waals surface area (Å²) in [5.41, 5.74) is 1.60. The van der Waals surface area contributed by atoms with Gasteiger partial charge in [0.1, 0.15) is 5.82 Å². The van der Waals surface area contributed by atoms with Crippen molar-refractivity contribution in [1.29, 1.82) is 0 Å². The molecule has 0 saturated heterocycles. The number of aliphatic imine (C=N–C) groups is 1. The third kappa shape index (κ3) is 4.44. The second-order valence-corrected chi connectivity index (χ2v) is 5.20. The minimum Gasteiger partial charge on any atom is -0.352 e. The molecule has 1 heterocycles. The number of H-pyrrole nitrogens is 1. The highest BCUT2D eigenvalue weighted by Crippen LogP contribution is 2.01. The van der Waals surface area contributed by atoms with Crippen LogP contribution in [0.2, 0.25) is 0 Å². The summed E-state index contributed by atoms with van der Waals surface area (Å²) < 4.78 is 0. The summed E-state index contributed by atoms with van der Waals surface area (Å²) >= 11 is 0. The summed E-state index contributed by atoms with van der Waals surface area (Å²) in [6.45, 7) is 2.73. The number of aryl methyl sites for hydroxylation is 1. The molecule has 0 bridgehead atoms. The fourth-order valence-electron chi connectivity index (χ4n) is 1.92. The Hall–Kier alpha value is -2.63. The molecule has 0 aliphatic rings. The smallest absolute Gasteiger partial charge is 0.255 e. The Morgan fingerprint density at radius 3 is 2.68 bits per heavy atom. The van der Waals surface area contributed by atoms with Gasteiger partial charge < -0.3 is 15.2 Å². The fraction of sp³-hybridized carbons (Fsp3) is 0.312. The van der Waals surface area contributed by atoms with Crippen LogP contribution in [0.4, 0.5) is 0 Å². The Morgan fingerprint density at radius 1 is 1.32 bits per heavy atom. The molecule has 22 heavy (non-hydrogen) atoms. The lowest BCUT2D eigenvalue weighted by Crippen LogP contribution is -2.37. The van der Waals surface area contributed by atoms with Gasteiger partial charge in [0, 0.05) is 26.8 Å². The number of guanidine groups is 1. The first kappa shape index (κ1) is 15.8. The van der Waals surface area contributed by atoms with E-state index in [0.29, 0.717) is 24.5 Å². The van der Waals surface area contributed by atoms with Crippen LogP contribution >= 0.6 is 0 Å². The van der Waals surface area contributed by atoms with Gasteiger partial charge in [-0.2, -0.15) is 0 Å². The van der Waals surface area contributed by atoms with E-state index < -0.39 is 0 Å². The predicted octanol–water partition coefficient (Wildman–Crippen LogP) is 1.29. The molecule has 116 valence electrons. The molecule has 2 N–H and O–H groups in total. The third-order valence-corrected chi connectivity index (χ3v) is 3.11. The molecule has 1 aromatic carbocycles. The lowest BCUT2D eigenvalue weighted by Gasteiger charge is -2.17. The van der Waals surface area contributed by atoms with Crippen LogP contribution in [0.15, 0.2) is 46.3 Å². The van der Waals surface area contributed by atoms with Crippen molar-refractivity contribution < 1.29 is 0 Å². The first-order valence-corrected chi connectivity index (χ1v) is 7.10. The number of benzene rings is 1. The van der Waals surface area contributed by atoms with E-state index in [2.05, 4.69) is 20.3 Å². The minimum atomic E-state index is -0.124. The van der Waals surface area contributed by atoms with Crippen LogP contribution in [0.1, 0.15) is 17.0 Å². The molecule has 0 saturated carbocycles. The molecule has 0 aliphatic heterocycles. The number of nitrogens with one attached hydrogen (secondary N) is 2. The average Bonchev–Trinajstić information content (AvgIpc) is 2.49. The second-order valence-electron chi connectivity index (χ2n) is 5.20. The van der Waals surface area contributed by atoms with Crippen molar-refractivity contribution in [3.63, 3.8) is 0 Å². The Labute approximate surface area is 129 Å². The van der Waals surface area contributed by atoms with Gasteiger partial charge in [-0.15, -0.1) is 0 Å². The van der Waals surface area contributed by atoms with Crippen molar-refractivity contribution in [2.45, 2.75) is 20.0 Å². The molecule has 0 aliphatic carbocycles. The molecule has 0 unspecified atom stereocenters. The number of hydrogen-bond donors (Lipinski definition) is 2. The van der Waals surface area contributed by atoms with Gasteiger partial charge in [0.05, 0.1) is 12.1 Å². The second kappa shape index (κ2) is 7.40. The molecule has 0 fully saturated rings. The molecule has 2 rings (SSSR count). The van der Waals surface area contributed by atoms with Crippen LogP contribution < -0.4 is 10.9 Å². The highest BCUT2D eigenvalue weighted by atomic mass is 16.1. The number of aromatic nitrogens is 2. The van der Waals surface area contributed by atoms with E-state index in [1.54, 1.807) is 13.1 Å². The normalized spacial score (nSPS) is 11.3. The van der Waals surface area contributed by atoms with Gasteiger partial charge in [0.15, 0.2) is 5.96 Å². The summed E-state index contributed by atoms with van der Waals surface area (Å²) in [4.78, 5) is 25.1. The molecule has 6 heteroatoms. The zero-order chi connectivity index (χ0) is 15.9. The van der Waals surface area contributed by atoms with Crippen LogP contribution in [-0.2, 0) is 13.1 Å². The Balaban J connectivity index is 2.04.